The van der Waals surface area contributed by atoms with E-state index in [4.69, 9.17) is 11.6 Å². The quantitative estimate of drug-likeness (QED) is 0.679. The van der Waals surface area contributed by atoms with Crippen molar-refractivity contribution < 1.29 is 13.3 Å². The minimum absolute atomic E-state index is 0.0368. The molecule has 0 spiro atoms. The van der Waals surface area contributed by atoms with Gasteiger partial charge < -0.3 is 0 Å². The molecule has 1 aromatic carbocycles. The number of sulfonamides is 1. The monoisotopic (exact) mass is 328 g/mol. The number of non-ortho nitro benzene ring substituents is 1. The van der Waals surface area contributed by atoms with Crippen molar-refractivity contribution in [1.29, 1.82) is 0 Å². The van der Waals surface area contributed by atoms with Gasteiger partial charge in [-0.05, 0) is 12.5 Å². The van der Waals surface area contributed by atoms with Crippen LogP contribution in [0.4, 0.5) is 11.5 Å². The predicted octanol–water partition coefficient (Wildman–Crippen LogP) is 2.15. The van der Waals surface area contributed by atoms with Crippen LogP contribution in [0.3, 0.4) is 0 Å². The number of aromatic nitrogens is 2. The topological polar surface area (TPSA) is 115 Å². The van der Waals surface area contributed by atoms with Crippen molar-refractivity contribution in [3.05, 3.63) is 51.4 Å². The first-order chi connectivity index (χ1) is 9.79. The Kier molecular flexibility index (Phi) is 4.05. The van der Waals surface area contributed by atoms with E-state index in [9.17, 15) is 18.5 Å². The predicted molar refractivity (Wildman–Crippen MR) is 75.7 cm³/mol. The fourth-order valence-corrected chi connectivity index (χ4v) is 2.91. The molecule has 0 unspecified atom stereocenters. The summed E-state index contributed by atoms with van der Waals surface area (Å²) in [6.45, 7) is 1.53. The third-order valence-electron chi connectivity index (χ3n) is 2.53. The molecule has 0 saturated heterocycles. The Morgan fingerprint density at radius 1 is 1.29 bits per heavy atom. The van der Waals surface area contributed by atoms with E-state index in [0.29, 0.717) is 5.56 Å². The second-order valence-corrected chi connectivity index (χ2v) is 6.07. The largest absolute Gasteiger partial charge is 0.270 e. The van der Waals surface area contributed by atoms with Crippen LogP contribution < -0.4 is 4.72 Å². The maximum Gasteiger partial charge on any atom is 0.270 e. The van der Waals surface area contributed by atoms with Crippen molar-refractivity contribution in [3.8, 4) is 0 Å². The molecule has 110 valence electrons. The molecule has 1 heterocycles. The highest BCUT2D eigenvalue weighted by atomic mass is 35.5. The molecule has 0 bridgehead atoms. The molecule has 0 aliphatic rings. The van der Waals surface area contributed by atoms with E-state index in [0.717, 1.165) is 12.3 Å². The molecule has 0 saturated carbocycles. The lowest BCUT2D eigenvalue weighted by Gasteiger charge is -2.09. The van der Waals surface area contributed by atoms with Gasteiger partial charge in [0.2, 0.25) is 0 Å². The number of rotatable bonds is 4. The Balaban J connectivity index is 2.41. The summed E-state index contributed by atoms with van der Waals surface area (Å²) in [7, 11) is -4.01. The number of benzene rings is 1. The van der Waals surface area contributed by atoms with Crippen molar-refractivity contribution in [3.63, 3.8) is 0 Å². The van der Waals surface area contributed by atoms with Crippen LogP contribution in [-0.2, 0) is 10.0 Å². The standard InChI is InChI=1S/C11H9ClN4O4S/c1-7-2-3-8(16(17)18)4-9(7)21(19,20)15-11-6-13-10(12)5-14-11/h2-6H,1H3,(H,14,15). The van der Waals surface area contributed by atoms with Crippen molar-refractivity contribution in [2.24, 2.45) is 0 Å². The number of halogens is 1. The van der Waals surface area contributed by atoms with Crippen molar-refractivity contribution in [1.82, 2.24) is 9.97 Å². The number of nitro groups is 1. The van der Waals surface area contributed by atoms with Gasteiger partial charge in [-0.3, -0.25) is 14.8 Å². The number of nitrogens with zero attached hydrogens (tertiary/aromatic N) is 3. The zero-order chi connectivity index (χ0) is 15.6. The summed E-state index contributed by atoms with van der Waals surface area (Å²) in [5, 5.41) is 10.9. The lowest BCUT2D eigenvalue weighted by atomic mass is 10.2. The fourth-order valence-electron chi connectivity index (χ4n) is 1.55. The molecular weight excluding hydrogens is 320 g/mol. The van der Waals surface area contributed by atoms with Crippen LogP contribution in [-0.4, -0.2) is 23.3 Å². The molecule has 0 amide bonds. The van der Waals surface area contributed by atoms with Crippen LogP contribution in [0.15, 0.2) is 35.5 Å². The van der Waals surface area contributed by atoms with Gasteiger partial charge in [0.1, 0.15) is 5.15 Å². The molecule has 0 radical (unpaired) electrons. The highest BCUT2D eigenvalue weighted by molar-refractivity contribution is 7.92. The van der Waals surface area contributed by atoms with Gasteiger partial charge in [0.15, 0.2) is 5.82 Å². The van der Waals surface area contributed by atoms with E-state index in [1.807, 2.05) is 0 Å². The Morgan fingerprint density at radius 2 is 2.00 bits per heavy atom. The molecule has 0 fully saturated rings. The van der Waals surface area contributed by atoms with E-state index < -0.39 is 14.9 Å². The fraction of sp³-hybridized carbons (Fsp3) is 0.0909. The van der Waals surface area contributed by atoms with Gasteiger partial charge >= 0.3 is 0 Å². The molecule has 8 nitrogen and oxygen atoms in total. The summed E-state index contributed by atoms with van der Waals surface area (Å²) in [5.41, 5.74) is 0.0539. The Morgan fingerprint density at radius 3 is 2.57 bits per heavy atom. The van der Waals surface area contributed by atoms with Crippen LogP contribution >= 0.6 is 11.6 Å². The molecule has 21 heavy (non-hydrogen) atoms. The number of hydrogen-bond donors (Lipinski definition) is 1. The molecular formula is C11H9ClN4O4S. The summed E-state index contributed by atoms with van der Waals surface area (Å²) in [6.07, 6.45) is 2.33. The maximum absolute atomic E-state index is 12.2. The van der Waals surface area contributed by atoms with Crippen LogP contribution in [0, 0.1) is 17.0 Å². The second kappa shape index (κ2) is 5.62. The minimum Gasteiger partial charge on any atom is -0.262 e. The van der Waals surface area contributed by atoms with Gasteiger partial charge in [-0.15, -0.1) is 0 Å². The van der Waals surface area contributed by atoms with Crippen molar-refractivity contribution >= 4 is 33.1 Å². The average Bonchev–Trinajstić information content (AvgIpc) is 2.41. The summed E-state index contributed by atoms with van der Waals surface area (Å²) in [6, 6.07) is 3.58. The summed E-state index contributed by atoms with van der Waals surface area (Å²) >= 11 is 5.55. The molecule has 10 heteroatoms. The van der Waals surface area contributed by atoms with Gasteiger partial charge in [0.25, 0.3) is 15.7 Å². The molecule has 0 aliphatic carbocycles. The van der Waals surface area contributed by atoms with Crippen LogP contribution in [0.1, 0.15) is 5.56 Å². The summed E-state index contributed by atoms with van der Waals surface area (Å²) < 4.78 is 26.7. The first-order valence-corrected chi connectivity index (χ1v) is 7.41. The van der Waals surface area contributed by atoms with Crippen LogP contribution in [0.5, 0.6) is 0 Å². The van der Waals surface area contributed by atoms with Gasteiger partial charge in [-0.1, -0.05) is 17.7 Å². The highest BCUT2D eigenvalue weighted by Gasteiger charge is 2.21. The number of nitro benzene ring substituents is 1. The summed E-state index contributed by atoms with van der Waals surface area (Å²) in [5.74, 6) is -0.0368. The lowest BCUT2D eigenvalue weighted by Crippen LogP contribution is -2.15. The number of hydrogen-bond acceptors (Lipinski definition) is 6. The normalized spacial score (nSPS) is 11.1. The molecule has 2 aromatic rings. The van der Waals surface area contributed by atoms with Gasteiger partial charge in [-0.2, -0.15) is 0 Å². The van der Waals surface area contributed by atoms with Crippen LogP contribution in [0.25, 0.3) is 0 Å². The highest BCUT2D eigenvalue weighted by Crippen LogP contribution is 2.23. The van der Waals surface area contributed by atoms with Gasteiger partial charge in [0, 0.05) is 12.1 Å². The molecule has 1 N–H and O–H groups in total. The Hall–Kier alpha value is -2.26. The number of aryl methyl sites for hydroxylation is 1. The SMILES string of the molecule is Cc1ccc([N+](=O)[O-])cc1S(=O)(=O)Nc1cnc(Cl)cn1. The molecule has 2 rings (SSSR count). The van der Waals surface area contributed by atoms with E-state index in [1.54, 1.807) is 0 Å². The summed E-state index contributed by atoms with van der Waals surface area (Å²) in [4.78, 5) is 17.3. The van der Waals surface area contributed by atoms with Crippen molar-refractivity contribution in [2.75, 3.05) is 4.72 Å². The van der Waals surface area contributed by atoms with Gasteiger partial charge in [-0.25, -0.2) is 18.4 Å². The minimum atomic E-state index is -4.01. The molecule has 1 aromatic heterocycles. The third-order valence-corrected chi connectivity index (χ3v) is 4.22. The molecule has 0 atom stereocenters. The number of nitrogens with one attached hydrogen (secondary N) is 1. The average molecular weight is 329 g/mol. The maximum atomic E-state index is 12.2. The van der Waals surface area contributed by atoms with E-state index in [2.05, 4.69) is 14.7 Å². The molecule has 0 aliphatic heterocycles. The second-order valence-electron chi connectivity index (χ2n) is 4.04. The Labute approximate surface area is 125 Å². The van der Waals surface area contributed by atoms with E-state index in [1.165, 1.54) is 25.3 Å². The van der Waals surface area contributed by atoms with Crippen LogP contribution in [0.2, 0.25) is 5.15 Å². The first kappa shape index (κ1) is 15.1. The van der Waals surface area contributed by atoms with Crippen molar-refractivity contribution in [2.45, 2.75) is 11.8 Å². The van der Waals surface area contributed by atoms with E-state index >= 15 is 0 Å². The smallest absolute Gasteiger partial charge is 0.262 e. The lowest BCUT2D eigenvalue weighted by molar-refractivity contribution is -0.385. The zero-order valence-corrected chi connectivity index (χ0v) is 12.2. The third kappa shape index (κ3) is 3.44. The number of anilines is 1. The Bertz CT molecular complexity index is 792. The van der Waals surface area contributed by atoms with Gasteiger partial charge in [0.05, 0.1) is 22.2 Å². The first-order valence-electron chi connectivity index (χ1n) is 5.55. The van der Waals surface area contributed by atoms with E-state index in [-0.39, 0.29) is 21.6 Å². The zero-order valence-electron chi connectivity index (χ0n) is 10.6.